The predicted octanol–water partition coefficient (Wildman–Crippen LogP) is 5.98. The average molecular weight is 429 g/mol. The fourth-order valence-corrected chi connectivity index (χ4v) is 2.91. The first-order valence-electron chi connectivity index (χ1n) is 9.14. The molecule has 9 heteroatoms. The summed E-state index contributed by atoms with van der Waals surface area (Å²) >= 11 is 0. The Morgan fingerprint density at radius 1 is 0.839 bits per heavy atom. The Bertz CT molecular complexity index is 1130. The number of hydrogen-bond donors (Lipinski definition) is 1. The van der Waals surface area contributed by atoms with Gasteiger partial charge in [0.25, 0.3) is 0 Å². The molecule has 158 valence electrons. The zero-order chi connectivity index (χ0) is 21.8. The summed E-state index contributed by atoms with van der Waals surface area (Å²) in [6.07, 6.45) is -4.77. The molecule has 1 aromatic heterocycles. The molecule has 0 aliphatic carbocycles. The third-order valence-electron chi connectivity index (χ3n) is 4.31. The van der Waals surface area contributed by atoms with Crippen LogP contribution in [0.1, 0.15) is 17.5 Å². The standard InChI is InChI=1S/C22H15F4N3O2/c23-16-8-6-14(7-9-16)19(21-29-28-20(30-21)15-4-2-1-3-5-15)27-17-10-12-18(13-11-17)31-22(24,25)26/h1-13,19,27H/t19-/m1/s1. The Kier molecular flexibility index (Phi) is 5.57. The van der Waals surface area contributed by atoms with Crippen molar-refractivity contribution in [2.24, 2.45) is 0 Å². The zero-order valence-corrected chi connectivity index (χ0v) is 15.8. The predicted molar refractivity (Wildman–Crippen MR) is 105 cm³/mol. The van der Waals surface area contributed by atoms with Crippen LogP contribution in [0.25, 0.3) is 11.5 Å². The van der Waals surface area contributed by atoms with Crippen molar-refractivity contribution in [3.05, 3.63) is 96.1 Å². The highest BCUT2D eigenvalue weighted by atomic mass is 19.4. The molecule has 1 heterocycles. The molecular formula is C22H15F4N3O2. The van der Waals surface area contributed by atoms with Crippen LogP contribution in [0.15, 0.2) is 83.3 Å². The normalized spacial score (nSPS) is 12.4. The van der Waals surface area contributed by atoms with E-state index in [2.05, 4.69) is 20.3 Å². The van der Waals surface area contributed by atoms with Gasteiger partial charge in [-0.15, -0.1) is 23.4 Å². The van der Waals surface area contributed by atoms with Gasteiger partial charge in [-0.2, -0.15) is 0 Å². The van der Waals surface area contributed by atoms with E-state index in [9.17, 15) is 17.6 Å². The van der Waals surface area contributed by atoms with Crippen molar-refractivity contribution >= 4 is 5.69 Å². The smallest absolute Gasteiger partial charge is 0.418 e. The minimum atomic E-state index is -4.77. The second kappa shape index (κ2) is 8.47. The minimum Gasteiger partial charge on any atom is -0.418 e. The molecule has 1 atom stereocenters. The van der Waals surface area contributed by atoms with E-state index in [0.29, 0.717) is 17.1 Å². The minimum absolute atomic E-state index is 0.209. The third kappa shape index (κ3) is 5.19. The first kappa shape index (κ1) is 20.4. The summed E-state index contributed by atoms with van der Waals surface area (Å²) in [5.74, 6) is -0.244. The van der Waals surface area contributed by atoms with E-state index >= 15 is 0 Å². The van der Waals surface area contributed by atoms with E-state index in [1.165, 1.54) is 36.4 Å². The second-order valence-corrected chi connectivity index (χ2v) is 6.51. The van der Waals surface area contributed by atoms with Gasteiger partial charge in [0.1, 0.15) is 17.6 Å². The highest BCUT2D eigenvalue weighted by molar-refractivity contribution is 5.53. The van der Waals surface area contributed by atoms with Gasteiger partial charge in [-0.1, -0.05) is 30.3 Å². The van der Waals surface area contributed by atoms with Crippen molar-refractivity contribution in [2.75, 3.05) is 5.32 Å². The number of aromatic nitrogens is 2. The topological polar surface area (TPSA) is 60.2 Å². The maximum atomic E-state index is 13.4. The molecule has 0 spiro atoms. The number of nitrogens with one attached hydrogen (secondary N) is 1. The number of anilines is 1. The molecule has 0 fully saturated rings. The lowest BCUT2D eigenvalue weighted by Crippen LogP contribution is -2.17. The molecule has 0 saturated carbocycles. The maximum absolute atomic E-state index is 13.4. The van der Waals surface area contributed by atoms with Gasteiger partial charge in [0.2, 0.25) is 11.8 Å². The van der Waals surface area contributed by atoms with Crippen LogP contribution in [0.2, 0.25) is 0 Å². The highest BCUT2D eigenvalue weighted by Crippen LogP contribution is 2.30. The fraction of sp³-hybridized carbons (Fsp3) is 0.0909. The second-order valence-electron chi connectivity index (χ2n) is 6.51. The number of ether oxygens (including phenoxy) is 1. The maximum Gasteiger partial charge on any atom is 0.573 e. The lowest BCUT2D eigenvalue weighted by atomic mass is 10.1. The van der Waals surface area contributed by atoms with Gasteiger partial charge in [0.05, 0.1) is 0 Å². The molecule has 31 heavy (non-hydrogen) atoms. The summed E-state index contributed by atoms with van der Waals surface area (Å²) in [4.78, 5) is 0. The monoisotopic (exact) mass is 429 g/mol. The largest absolute Gasteiger partial charge is 0.573 e. The number of nitrogens with zero attached hydrogens (tertiary/aromatic N) is 2. The molecule has 4 aromatic rings. The third-order valence-corrected chi connectivity index (χ3v) is 4.31. The molecule has 0 aliphatic rings. The molecule has 0 unspecified atom stereocenters. The van der Waals surface area contributed by atoms with Crippen molar-refractivity contribution < 1.29 is 26.7 Å². The number of alkyl halides is 3. The van der Waals surface area contributed by atoms with E-state index in [1.54, 1.807) is 12.1 Å². The van der Waals surface area contributed by atoms with Gasteiger partial charge < -0.3 is 14.5 Å². The van der Waals surface area contributed by atoms with Gasteiger partial charge in [-0.05, 0) is 54.1 Å². The van der Waals surface area contributed by atoms with Crippen LogP contribution in [0.4, 0.5) is 23.2 Å². The first-order chi connectivity index (χ1) is 14.9. The summed E-state index contributed by atoms with van der Waals surface area (Å²) in [5.41, 5.74) is 1.83. The Morgan fingerprint density at radius 3 is 2.16 bits per heavy atom. The van der Waals surface area contributed by atoms with E-state index in [4.69, 9.17) is 4.42 Å². The molecule has 0 bridgehead atoms. The average Bonchev–Trinajstić information content (AvgIpc) is 3.24. The number of hydrogen-bond acceptors (Lipinski definition) is 5. The van der Waals surface area contributed by atoms with Crippen molar-refractivity contribution in [1.82, 2.24) is 10.2 Å². The van der Waals surface area contributed by atoms with E-state index < -0.39 is 18.2 Å². The molecular weight excluding hydrogens is 414 g/mol. The van der Waals surface area contributed by atoms with Crippen LogP contribution in [0, 0.1) is 5.82 Å². The van der Waals surface area contributed by atoms with Crippen molar-refractivity contribution in [3.8, 4) is 17.2 Å². The van der Waals surface area contributed by atoms with Gasteiger partial charge in [0.15, 0.2) is 0 Å². The van der Waals surface area contributed by atoms with E-state index in [1.807, 2.05) is 30.3 Å². The van der Waals surface area contributed by atoms with Crippen molar-refractivity contribution in [1.29, 1.82) is 0 Å². The molecule has 5 nitrogen and oxygen atoms in total. The Morgan fingerprint density at radius 2 is 1.52 bits per heavy atom. The Labute approximate surface area is 174 Å². The van der Waals surface area contributed by atoms with E-state index in [0.717, 1.165) is 5.56 Å². The van der Waals surface area contributed by atoms with E-state index in [-0.39, 0.29) is 11.6 Å². The molecule has 0 aliphatic heterocycles. The fourth-order valence-electron chi connectivity index (χ4n) is 2.91. The zero-order valence-electron chi connectivity index (χ0n) is 15.8. The molecule has 0 saturated heterocycles. The van der Waals surface area contributed by atoms with Crippen LogP contribution in [0.3, 0.4) is 0 Å². The van der Waals surface area contributed by atoms with Gasteiger partial charge in [0, 0.05) is 11.3 Å². The van der Waals surface area contributed by atoms with Crippen LogP contribution in [-0.4, -0.2) is 16.6 Å². The summed E-state index contributed by atoms with van der Waals surface area (Å²) in [6, 6.07) is 19.4. The molecule has 4 rings (SSSR count). The van der Waals surface area contributed by atoms with Gasteiger partial charge in [-0.3, -0.25) is 0 Å². The summed E-state index contributed by atoms with van der Waals surface area (Å²) < 4.78 is 60.2. The quantitative estimate of drug-likeness (QED) is 0.383. The lowest BCUT2D eigenvalue weighted by molar-refractivity contribution is -0.274. The highest BCUT2D eigenvalue weighted by Gasteiger charge is 2.31. The van der Waals surface area contributed by atoms with Crippen LogP contribution in [-0.2, 0) is 0 Å². The summed E-state index contributed by atoms with van der Waals surface area (Å²) in [7, 11) is 0. The Balaban J connectivity index is 1.63. The summed E-state index contributed by atoms with van der Waals surface area (Å²) in [5, 5.41) is 11.3. The molecule has 0 radical (unpaired) electrons. The molecule has 1 N–H and O–H groups in total. The van der Waals surface area contributed by atoms with Gasteiger partial charge in [-0.25, -0.2) is 4.39 Å². The van der Waals surface area contributed by atoms with Crippen LogP contribution >= 0.6 is 0 Å². The van der Waals surface area contributed by atoms with Crippen LogP contribution < -0.4 is 10.1 Å². The SMILES string of the molecule is Fc1ccc([C@@H](Nc2ccc(OC(F)(F)F)cc2)c2nnc(-c3ccccc3)o2)cc1. The van der Waals surface area contributed by atoms with Crippen LogP contribution in [0.5, 0.6) is 5.75 Å². The molecule has 0 amide bonds. The summed E-state index contributed by atoms with van der Waals surface area (Å²) in [6.45, 7) is 0. The lowest BCUT2D eigenvalue weighted by Gasteiger charge is -2.17. The van der Waals surface area contributed by atoms with Gasteiger partial charge >= 0.3 is 6.36 Å². The number of benzene rings is 3. The number of halogens is 4. The van der Waals surface area contributed by atoms with Crippen molar-refractivity contribution in [2.45, 2.75) is 12.4 Å². The first-order valence-corrected chi connectivity index (χ1v) is 9.14. The Hall–Kier alpha value is -3.88. The van der Waals surface area contributed by atoms with Crippen molar-refractivity contribution in [3.63, 3.8) is 0 Å². The molecule has 3 aromatic carbocycles. The number of rotatable bonds is 6.